The minimum atomic E-state index is -0.452. The Balaban J connectivity index is 1.52. The number of rotatable bonds is 6. The van der Waals surface area contributed by atoms with Crippen LogP contribution in [0.15, 0.2) is 83.8 Å². The Morgan fingerprint density at radius 1 is 1.05 bits per heavy atom. The molecule has 1 saturated heterocycles. The number of ether oxygens (including phenoxy) is 1. The van der Waals surface area contributed by atoms with Gasteiger partial charge in [0.05, 0.1) is 24.6 Å². The molecule has 4 aromatic rings. The molecule has 5 rings (SSSR count). The topological polar surface area (TPSA) is 106 Å². The third-order valence-electron chi connectivity index (χ3n) is 7.52. The number of anilines is 3. The summed E-state index contributed by atoms with van der Waals surface area (Å²) in [6, 6.07) is 23.0. The van der Waals surface area contributed by atoms with Crippen molar-refractivity contribution >= 4 is 23.1 Å². The van der Waals surface area contributed by atoms with E-state index in [1.54, 1.807) is 18.3 Å². The standard InChI is InChI=1S/C33H38N6O3/c1-22-26(12-9-13-27(22)36-31(40)23-14-16-24(17-15-23)33(2,3)4)28-20-37(5)32(41)30(35-28)39(25-10-7-6-8-11-25)38-18-19-42-21-29(38)34/h6-17,20,29H,18-19,21,34H2,1-5H3,(H,36,40). The largest absolute Gasteiger partial charge is 0.377 e. The van der Waals surface area contributed by atoms with Crippen molar-refractivity contribution in [1.29, 1.82) is 0 Å². The lowest BCUT2D eigenvalue weighted by Gasteiger charge is -2.41. The van der Waals surface area contributed by atoms with E-state index in [2.05, 4.69) is 26.1 Å². The van der Waals surface area contributed by atoms with Crippen LogP contribution in [0.3, 0.4) is 0 Å². The fraction of sp³-hybridized carbons (Fsp3) is 0.303. The molecular formula is C33H38N6O3. The van der Waals surface area contributed by atoms with Crippen molar-refractivity contribution in [2.24, 2.45) is 12.8 Å². The van der Waals surface area contributed by atoms with Gasteiger partial charge >= 0.3 is 0 Å². The Morgan fingerprint density at radius 2 is 1.76 bits per heavy atom. The van der Waals surface area contributed by atoms with E-state index in [1.807, 2.05) is 84.7 Å². The van der Waals surface area contributed by atoms with Crippen molar-refractivity contribution in [3.8, 4) is 11.3 Å². The lowest BCUT2D eigenvalue weighted by molar-refractivity contribution is -0.00549. The molecule has 1 aliphatic rings. The molecule has 0 bridgehead atoms. The molecule has 1 aliphatic heterocycles. The van der Waals surface area contributed by atoms with Gasteiger partial charge in [0.15, 0.2) is 0 Å². The van der Waals surface area contributed by atoms with Gasteiger partial charge in [0.2, 0.25) is 5.82 Å². The number of morpholine rings is 1. The van der Waals surface area contributed by atoms with Gasteiger partial charge < -0.3 is 20.4 Å². The number of para-hydroxylation sites is 1. The minimum Gasteiger partial charge on any atom is -0.377 e. The van der Waals surface area contributed by atoms with Gasteiger partial charge in [0.1, 0.15) is 6.17 Å². The van der Waals surface area contributed by atoms with Crippen LogP contribution >= 0.6 is 0 Å². The number of hydrazine groups is 1. The van der Waals surface area contributed by atoms with Gasteiger partial charge in [0, 0.05) is 36.6 Å². The molecule has 9 heteroatoms. The average Bonchev–Trinajstić information content (AvgIpc) is 2.97. The zero-order chi connectivity index (χ0) is 30.0. The summed E-state index contributed by atoms with van der Waals surface area (Å²) in [5.74, 6) is 0.0349. The van der Waals surface area contributed by atoms with E-state index in [0.29, 0.717) is 36.7 Å². The summed E-state index contributed by atoms with van der Waals surface area (Å²) in [5.41, 5.74) is 11.6. The molecule has 0 spiro atoms. The van der Waals surface area contributed by atoms with Crippen molar-refractivity contribution in [1.82, 2.24) is 14.6 Å². The lowest BCUT2D eigenvalue weighted by Crippen LogP contribution is -2.58. The van der Waals surface area contributed by atoms with Crippen LogP contribution in [0.2, 0.25) is 0 Å². The molecule has 42 heavy (non-hydrogen) atoms. The van der Waals surface area contributed by atoms with Crippen molar-refractivity contribution in [3.63, 3.8) is 0 Å². The fourth-order valence-corrected chi connectivity index (χ4v) is 5.05. The Labute approximate surface area is 246 Å². The molecule has 1 amide bonds. The average molecular weight is 567 g/mol. The predicted octanol–water partition coefficient (Wildman–Crippen LogP) is 4.98. The highest BCUT2D eigenvalue weighted by Crippen LogP contribution is 2.31. The second kappa shape index (κ2) is 11.9. The zero-order valence-electron chi connectivity index (χ0n) is 24.8. The summed E-state index contributed by atoms with van der Waals surface area (Å²) in [6.07, 6.45) is 1.26. The number of carbonyl (C=O) groups is 1. The molecule has 1 fully saturated rings. The monoisotopic (exact) mass is 566 g/mol. The molecule has 1 atom stereocenters. The SMILES string of the molecule is Cc1c(NC(=O)c2ccc(C(C)(C)C)cc2)cccc1-c1cn(C)c(=O)c(N(c2ccccc2)N2CCOCC2N)n1. The summed E-state index contributed by atoms with van der Waals surface area (Å²) in [7, 11) is 1.71. The number of hydrogen-bond acceptors (Lipinski definition) is 7. The van der Waals surface area contributed by atoms with Crippen LogP contribution in [-0.2, 0) is 17.2 Å². The predicted molar refractivity (Wildman–Crippen MR) is 167 cm³/mol. The van der Waals surface area contributed by atoms with Crippen LogP contribution < -0.4 is 21.6 Å². The summed E-state index contributed by atoms with van der Waals surface area (Å²) in [6.45, 7) is 9.69. The maximum Gasteiger partial charge on any atom is 0.295 e. The van der Waals surface area contributed by atoms with Gasteiger partial charge in [-0.3, -0.25) is 14.6 Å². The van der Waals surface area contributed by atoms with E-state index in [4.69, 9.17) is 15.5 Å². The van der Waals surface area contributed by atoms with E-state index < -0.39 is 6.17 Å². The maximum absolute atomic E-state index is 13.6. The summed E-state index contributed by atoms with van der Waals surface area (Å²) < 4.78 is 7.09. The van der Waals surface area contributed by atoms with Crippen molar-refractivity contribution in [2.45, 2.75) is 39.3 Å². The highest BCUT2D eigenvalue weighted by atomic mass is 16.5. The first-order valence-corrected chi connectivity index (χ1v) is 14.1. The number of nitrogens with two attached hydrogens (primary N) is 1. The highest BCUT2D eigenvalue weighted by Gasteiger charge is 2.30. The van der Waals surface area contributed by atoms with Crippen LogP contribution in [0, 0.1) is 6.92 Å². The van der Waals surface area contributed by atoms with Gasteiger partial charge in [-0.1, -0.05) is 63.2 Å². The second-order valence-corrected chi connectivity index (χ2v) is 11.6. The number of benzene rings is 3. The molecule has 3 N–H and O–H groups in total. The minimum absolute atomic E-state index is 0.00446. The molecular weight excluding hydrogens is 528 g/mol. The third kappa shape index (κ3) is 5.99. The molecule has 1 unspecified atom stereocenters. The van der Waals surface area contributed by atoms with Crippen LogP contribution in [0.25, 0.3) is 11.3 Å². The fourth-order valence-electron chi connectivity index (χ4n) is 5.05. The molecule has 2 heterocycles. The first-order valence-electron chi connectivity index (χ1n) is 14.1. The number of aromatic nitrogens is 2. The molecule has 0 radical (unpaired) electrons. The van der Waals surface area contributed by atoms with Crippen molar-refractivity contribution in [3.05, 3.63) is 106 Å². The molecule has 0 aliphatic carbocycles. The first kappa shape index (κ1) is 29.2. The Morgan fingerprint density at radius 3 is 2.43 bits per heavy atom. The third-order valence-corrected chi connectivity index (χ3v) is 7.52. The number of carbonyl (C=O) groups excluding carboxylic acids is 1. The van der Waals surface area contributed by atoms with Gasteiger partial charge in [-0.25, -0.2) is 4.98 Å². The molecule has 0 saturated carbocycles. The normalized spacial score (nSPS) is 15.8. The summed E-state index contributed by atoms with van der Waals surface area (Å²) in [4.78, 5) is 31.6. The van der Waals surface area contributed by atoms with E-state index in [1.165, 1.54) is 4.57 Å². The van der Waals surface area contributed by atoms with Crippen molar-refractivity contribution in [2.75, 3.05) is 30.1 Å². The van der Waals surface area contributed by atoms with Crippen LogP contribution in [0.1, 0.15) is 42.3 Å². The Bertz CT molecular complexity index is 1630. The van der Waals surface area contributed by atoms with Crippen LogP contribution in [0.5, 0.6) is 0 Å². The summed E-state index contributed by atoms with van der Waals surface area (Å²) in [5, 5.41) is 6.77. The highest BCUT2D eigenvalue weighted by molar-refractivity contribution is 6.05. The van der Waals surface area contributed by atoms with Gasteiger partial charge in [-0.2, -0.15) is 5.01 Å². The number of aryl methyl sites for hydroxylation is 1. The van der Waals surface area contributed by atoms with Crippen LogP contribution in [-0.4, -0.2) is 46.4 Å². The van der Waals surface area contributed by atoms with E-state index in [-0.39, 0.29) is 22.7 Å². The lowest BCUT2D eigenvalue weighted by atomic mass is 9.86. The molecule has 9 nitrogen and oxygen atoms in total. The number of nitrogens with zero attached hydrogens (tertiary/aromatic N) is 4. The van der Waals surface area contributed by atoms with E-state index >= 15 is 0 Å². The van der Waals surface area contributed by atoms with E-state index in [0.717, 1.165) is 22.4 Å². The van der Waals surface area contributed by atoms with Crippen molar-refractivity contribution < 1.29 is 9.53 Å². The van der Waals surface area contributed by atoms with Gasteiger partial charge in [-0.05, 0) is 53.8 Å². The maximum atomic E-state index is 13.6. The first-order chi connectivity index (χ1) is 20.0. The molecule has 1 aromatic heterocycles. The Hall–Kier alpha value is -4.31. The Kier molecular flexibility index (Phi) is 8.27. The summed E-state index contributed by atoms with van der Waals surface area (Å²) >= 11 is 0. The van der Waals surface area contributed by atoms with Gasteiger partial charge in [-0.15, -0.1) is 0 Å². The van der Waals surface area contributed by atoms with E-state index in [9.17, 15) is 9.59 Å². The number of amides is 1. The quantitative estimate of drug-likeness (QED) is 0.339. The molecule has 3 aromatic carbocycles. The number of nitrogens with one attached hydrogen (secondary N) is 1. The zero-order valence-corrected chi connectivity index (χ0v) is 24.8. The van der Waals surface area contributed by atoms with Crippen LogP contribution in [0.4, 0.5) is 17.2 Å². The molecule has 218 valence electrons. The number of hydrogen-bond donors (Lipinski definition) is 2. The smallest absolute Gasteiger partial charge is 0.295 e. The van der Waals surface area contributed by atoms with Gasteiger partial charge in [0.25, 0.3) is 11.5 Å². The second-order valence-electron chi connectivity index (χ2n) is 11.6.